The molecule has 0 saturated carbocycles. The van der Waals surface area contributed by atoms with Gasteiger partial charge in [-0.2, -0.15) is 0 Å². The Morgan fingerprint density at radius 2 is 1.72 bits per heavy atom. The van der Waals surface area contributed by atoms with Crippen LogP contribution < -0.4 is 4.74 Å². The van der Waals surface area contributed by atoms with Crippen molar-refractivity contribution in [3.05, 3.63) is 24.3 Å². The summed E-state index contributed by atoms with van der Waals surface area (Å²) in [6, 6.07) is 5.69. The van der Waals surface area contributed by atoms with E-state index >= 15 is 0 Å². The lowest BCUT2D eigenvalue weighted by Crippen LogP contribution is -2.32. The highest BCUT2D eigenvalue weighted by atomic mass is 32.2. The number of ether oxygens (including phenoxy) is 1. The van der Waals surface area contributed by atoms with Crippen LogP contribution in [-0.2, 0) is 14.6 Å². The van der Waals surface area contributed by atoms with Crippen LogP contribution in [0.3, 0.4) is 0 Å². The van der Waals surface area contributed by atoms with Crippen LogP contribution >= 0.6 is 0 Å². The molecule has 0 saturated heterocycles. The minimum Gasteiger partial charge on any atom is -0.478 e. The molecule has 0 aliphatic rings. The van der Waals surface area contributed by atoms with E-state index in [1.165, 1.54) is 24.3 Å². The van der Waals surface area contributed by atoms with Crippen molar-refractivity contribution in [2.24, 2.45) is 5.92 Å². The molecular weight excluding hydrogens is 256 g/mol. The number of rotatable bonds is 5. The fourth-order valence-electron chi connectivity index (χ4n) is 1.38. The van der Waals surface area contributed by atoms with Crippen molar-refractivity contribution in [2.75, 3.05) is 6.26 Å². The van der Waals surface area contributed by atoms with Crippen LogP contribution in [0, 0.1) is 5.92 Å². The monoisotopic (exact) mass is 272 g/mol. The Bertz CT molecular complexity index is 516. The molecule has 100 valence electrons. The number of carbonyl (C=O) groups is 1. The number of hydrogen-bond acceptors (Lipinski definition) is 4. The van der Waals surface area contributed by atoms with Crippen LogP contribution in [0.25, 0.3) is 0 Å². The third-order valence-corrected chi connectivity index (χ3v) is 3.49. The standard InChI is InChI=1S/C12H16O5S/c1-8(2)11(12(13)14)17-9-4-6-10(7-5-9)18(3,15)16/h4-8,11H,1-3H3,(H,13,14). The van der Waals surface area contributed by atoms with Gasteiger partial charge >= 0.3 is 5.97 Å². The van der Waals surface area contributed by atoms with Crippen LogP contribution in [0.1, 0.15) is 13.8 Å². The van der Waals surface area contributed by atoms with E-state index in [9.17, 15) is 13.2 Å². The Morgan fingerprint density at radius 3 is 2.06 bits per heavy atom. The summed E-state index contributed by atoms with van der Waals surface area (Å²) in [5, 5.41) is 8.97. The van der Waals surface area contributed by atoms with E-state index in [1.807, 2.05) is 0 Å². The minimum atomic E-state index is -3.25. The molecule has 0 amide bonds. The van der Waals surface area contributed by atoms with E-state index in [2.05, 4.69) is 0 Å². The molecule has 0 fully saturated rings. The largest absolute Gasteiger partial charge is 0.478 e. The highest BCUT2D eigenvalue weighted by Crippen LogP contribution is 2.19. The topological polar surface area (TPSA) is 80.7 Å². The smallest absolute Gasteiger partial charge is 0.345 e. The maximum atomic E-state index is 11.2. The predicted octanol–water partition coefficient (Wildman–Crippen LogP) is 1.58. The SMILES string of the molecule is CC(C)C(Oc1ccc(S(C)(=O)=O)cc1)C(=O)O. The predicted molar refractivity (Wildman–Crippen MR) is 66.4 cm³/mol. The first-order valence-electron chi connectivity index (χ1n) is 5.41. The minimum absolute atomic E-state index is 0.172. The first-order chi connectivity index (χ1) is 8.21. The van der Waals surface area contributed by atoms with Crippen LogP contribution in [0.5, 0.6) is 5.75 Å². The van der Waals surface area contributed by atoms with Gasteiger partial charge in [-0.1, -0.05) is 13.8 Å². The molecule has 1 rings (SSSR count). The average Bonchev–Trinajstić information content (AvgIpc) is 2.24. The molecule has 0 heterocycles. The van der Waals surface area contributed by atoms with Gasteiger partial charge in [-0.15, -0.1) is 0 Å². The zero-order valence-corrected chi connectivity index (χ0v) is 11.3. The van der Waals surface area contributed by atoms with Crippen LogP contribution in [0.2, 0.25) is 0 Å². The summed E-state index contributed by atoms with van der Waals surface area (Å²) in [5.74, 6) is -0.891. The number of aliphatic carboxylic acids is 1. The van der Waals surface area contributed by atoms with Gasteiger partial charge in [0.05, 0.1) is 4.90 Å². The van der Waals surface area contributed by atoms with Crippen molar-refractivity contribution in [3.8, 4) is 5.75 Å². The van der Waals surface area contributed by atoms with Crippen molar-refractivity contribution >= 4 is 15.8 Å². The normalized spacial score (nSPS) is 13.3. The van der Waals surface area contributed by atoms with Gasteiger partial charge in [0.15, 0.2) is 15.9 Å². The lowest BCUT2D eigenvalue weighted by Gasteiger charge is -2.18. The fourth-order valence-corrected chi connectivity index (χ4v) is 2.01. The van der Waals surface area contributed by atoms with Crippen LogP contribution in [-0.4, -0.2) is 31.9 Å². The highest BCUT2D eigenvalue weighted by molar-refractivity contribution is 7.90. The molecule has 1 unspecified atom stereocenters. The summed E-state index contributed by atoms with van der Waals surface area (Å²) in [7, 11) is -3.25. The Labute approximate surface area is 106 Å². The first-order valence-corrected chi connectivity index (χ1v) is 7.30. The van der Waals surface area contributed by atoms with Crippen LogP contribution in [0.4, 0.5) is 0 Å². The van der Waals surface area contributed by atoms with Crippen molar-refractivity contribution in [1.82, 2.24) is 0 Å². The van der Waals surface area contributed by atoms with Crippen molar-refractivity contribution in [3.63, 3.8) is 0 Å². The molecule has 1 aromatic rings. The molecule has 0 radical (unpaired) electrons. The second kappa shape index (κ2) is 5.39. The molecule has 0 aliphatic heterocycles. The fraction of sp³-hybridized carbons (Fsp3) is 0.417. The number of sulfone groups is 1. The number of carboxylic acid groups (broad SMARTS) is 1. The number of carboxylic acids is 1. The highest BCUT2D eigenvalue weighted by Gasteiger charge is 2.23. The van der Waals surface area contributed by atoms with E-state index in [0.717, 1.165) is 6.26 Å². The third kappa shape index (κ3) is 3.73. The maximum Gasteiger partial charge on any atom is 0.345 e. The van der Waals surface area contributed by atoms with E-state index in [0.29, 0.717) is 5.75 Å². The van der Waals surface area contributed by atoms with Gasteiger partial charge in [-0.05, 0) is 24.3 Å². The second-order valence-corrected chi connectivity index (χ2v) is 6.38. The summed E-state index contributed by atoms with van der Waals surface area (Å²) in [6.07, 6.45) is 0.158. The quantitative estimate of drug-likeness (QED) is 0.880. The molecule has 6 heteroatoms. The maximum absolute atomic E-state index is 11.2. The van der Waals surface area contributed by atoms with Gasteiger partial charge in [0.2, 0.25) is 0 Å². The number of benzene rings is 1. The van der Waals surface area contributed by atoms with Gasteiger partial charge in [0, 0.05) is 12.2 Å². The zero-order chi connectivity index (χ0) is 13.9. The zero-order valence-electron chi connectivity index (χ0n) is 10.5. The number of hydrogen-bond donors (Lipinski definition) is 1. The summed E-state index contributed by atoms with van der Waals surface area (Å²) in [6.45, 7) is 3.48. The second-order valence-electron chi connectivity index (χ2n) is 4.36. The molecule has 0 aromatic heterocycles. The van der Waals surface area contributed by atoms with Crippen molar-refractivity contribution in [1.29, 1.82) is 0 Å². The average molecular weight is 272 g/mol. The molecule has 0 aliphatic carbocycles. The molecular formula is C12H16O5S. The Morgan fingerprint density at radius 1 is 1.22 bits per heavy atom. The molecule has 18 heavy (non-hydrogen) atoms. The molecule has 1 aromatic carbocycles. The molecule has 0 spiro atoms. The van der Waals surface area contributed by atoms with Gasteiger partial charge < -0.3 is 9.84 Å². The first kappa shape index (κ1) is 14.5. The van der Waals surface area contributed by atoms with Gasteiger partial charge in [-0.25, -0.2) is 13.2 Å². The molecule has 1 atom stereocenters. The van der Waals surface area contributed by atoms with Gasteiger partial charge in [0.25, 0.3) is 0 Å². The summed E-state index contributed by atoms with van der Waals surface area (Å²) >= 11 is 0. The van der Waals surface area contributed by atoms with Crippen LogP contribution in [0.15, 0.2) is 29.2 Å². The summed E-state index contributed by atoms with van der Waals surface area (Å²) in [5.41, 5.74) is 0. The molecule has 1 N–H and O–H groups in total. The van der Waals surface area contributed by atoms with Crippen molar-refractivity contribution < 1.29 is 23.1 Å². The Hall–Kier alpha value is -1.56. The van der Waals surface area contributed by atoms with E-state index in [4.69, 9.17) is 9.84 Å². The summed E-state index contributed by atoms with van der Waals surface area (Å²) < 4.78 is 27.8. The van der Waals surface area contributed by atoms with E-state index < -0.39 is 21.9 Å². The Balaban J connectivity index is 2.90. The third-order valence-electron chi connectivity index (χ3n) is 2.36. The van der Waals surface area contributed by atoms with Gasteiger partial charge in [0.1, 0.15) is 5.75 Å². The lowest BCUT2D eigenvalue weighted by atomic mass is 10.1. The Kier molecular flexibility index (Phi) is 4.34. The van der Waals surface area contributed by atoms with E-state index in [1.54, 1.807) is 13.8 Å². The van der Waals surface area contributed by atoms with Gasteiger partial charge in [-0.3, -0.25) is 0 Å². The summed E-state index contributed by atoms with van der Waals surface area (Å²) in [4.78, 5) is 11.1. The lowest BCUT2D eigenvalue weighted by molar-refractivity contribution is -0.147. The van der Waals surface area contributed by atoms with Crippen molar-refractivity contribution in [2.45, 2.75) is 24.8 Å². The van der Waals surface area contributed by atoms with E-state index in [-0.39, 0.29) is 10.8 Å². The molecule has 5 nitrogen and oxygen atoms in total. The molecule has 0 bridgehead atoms.